The highest BCUT2D eigenvalue weighted by atomic mass is 32.1. The molecule has 0 fully saturated rings. The minimum absolute atomic E-state index is 0.0308. The zero-order valence-corrected chi connectivity index (χ0v) is 11.1. The van der Waals surface area contributed by atoms with Crippen molar-refractivity contribution in [2.24, 2.45) is 0 Å². The minimum atomic E-state index is -1.12. The number of carboxylic acid groups (broad SMARTS) is 1. The molecule has 3 rings (SSSR count). The molecule has 20 heavy (non-hydrogen) atoms. The summed E-state index contributed by atoms with van der Waals surface area (Å²) in [4.78, 5) is 27.4. The maximum Gasteiger partial charge on any atom is 0.352 e. The second-order valence-electron chi connectivity index (χ2n) is 4.22. The van der Waals surface area contributed by atoms with Crippen LogP contribution in [0.1, 0.15) is 15.5 Å². The highest BCUT2D eigenvalue weighted by Gasteiger charge is 2.12. The number of rotatable bonds is 3. The van der Waals surface area contributed by atoms with Gasteiger partial charge in [-0.25, -0.2) is 9.78 Å². The second kappa shape index (κ2) is 4.90. The van der Waals surface area contributed by atoms with Crippen LogP contribution in [0.3, 0.4) is 0 Å². The van der Waals surface area contributed by atoms with Crippen molar-refractivity contribution in [2.45, 2.75) is 6.54 Å². The summed E-state index contributed by atoms with van der Waals surface area (Å²) in [6.07, 6.45) is 0. The predicted molar refractivity (Wildman–Crippen MR) is 76.4 cm³/mol. The molecule has 0 aliphatic carbocycles. The third kappa shape index (κ3) is 2.21. The van der Waals surface area contributed by atoms with Crippen LogP contribution in [0.2, 0.25) is 0 Å². The molecule has 2 aromatic heterocycles. The van der Waals surface area contributed by atoms with Crippen molar-refractivity contribution >= 4 is 27.5 Å². The van der Waals surface area contributed by atoms with E-state index in [0.29, 0.717) is 5.01 Å². The van der Waals surface area contributed by atoms with Crippen molar-refractivity contribution in [1.82, 2.24) is 9.55 Å². The van der Waals surface area contributed by atoms with E-state index in [9.17, 15) is 9.59 Å². The highest BCUT2D eigenvalue weighted by Crippen LogP contribution is 2.22. The predicted octanol–water partition coefficient (Wildman–Crippen LogP) is 2.20. The zero-order valence-electron chi connectivity index (χ0n) is 10.3. The number of pyridine rings is 1. The number of benzene rings is 1. The molecule has 0 unspecified atom stereocenters. The quantitative estimate of drug-likeness (QED) is 0.801. The van der Waals surface area contributed by atoms with Crippen molar-refractivity contribution in [2.75, 3.05) is 0 Å². The zero-order chi connectivity index (χ0) is 14.1. The molecule has 0 radical (unpaired) electrons. The number of nitrogens with zero attached hydrogens (tertiary/aromatic N) is 2. The van der Waals surface area contributed by atoms with Gasteiger partial charge in [0.1, 0.15) is 10.7 Å². The lowest BCUT2D eigenvalue weighted by Crippen LogP contribution is -2.25. The molecule has 0 bridgehead atoms. The van der Waals surface area contributed by atoms with Gasteiger partial charge in [-0.2, -0.15) is 0 Å². The van der Waals surface area contributed by atoms with Gasteiger partial charge >= 0.3 is 5.97 Å². The van der Waals surface area contributed by atoms with Gasteiger partial charge in [-0.1, -0.05) is 18.2 Å². The Morgan fingerprint density at radius 1 is 1.20 bits per heavy atom. The van der Waals surface area contributed by atoms with Gasteiger partial charge in [0.2, 0.25) is 0 Å². The lowest BCUT2D eigenvalue weighted by molar-refractivity contribution is 0.0684. The normalized spacial score (nSPS) is 10.8. The fraction of sp³-hybridized carbons (Fsp3) is 0.0714. The Kier molecular flexibility index (Phi) is 3.08. The van der Waals surface area contributed by atoms with Gasteiger partial charge in [-0.15, -0.1) is 11.3 Å². The molecule has 0 aliphatic rings. The van der Waals surface area contributed by atoms with Gasteiger partial charge in [-0.3, -0.25) is 9.36 Å². The largest absolute Gasteiger partial charge is 0.477 e. The number of hydrogen-bond donors (Lipinski definition) is 1. The summed E-state index contributed by atoms with van der Waals surface area (Å²) in [5.41, 5.74) is 0.481. The van der Waals surface area contributed by atoms with Crippen LogP contribution in [0.25, 0.3) is 10.2 Å². The number of aromatic carboxylic acids is 1. The van der Waals surface area contributed by atoms with E-state index in [4.69, 9.17) is 5.11 Å². The standard InChI is InChI=1S/C14H10N2O3S/c17-13-7-3-5-10(14(18)19)16(13)8-12-15-9-4-1-2-6-11(9)20-12/h1-7H,8H2,(H,18,19). The number of thiazole rings is 1. The van der Waals surface area contributed by atoms with Gasteiger partial charge in [-0.05, 0) is 18.2 Å². The van der Waals surface area contributed by atoms with Crippen LogP contribution in [0, 0.1) is 0 Å². The number of fused-ring (bicyclic) bond motifs is 1. The first-order valence-electron chi connectivity index (χ1n) is 5.93. The monoisotopic (exact) mass is 286 g/mol. The Morgan fingerprint density at radius 3 is 2.75 bits per heavy atom. The maximum atomic E-state index is 11.8. The summed E-state index contributed by atoms with van der Waals surface area (Å²) in [5, 5.41) is 9.84. The Balaban J connectivity index is 2.07. The number of aromatic nitrogens is 2. The number of carbonyl (C=O) groups is 1. The van der Waals surface area contributed by atoms with E-state index in [1.54, 1.807) is 0 Å². The molecule has 0 spiro atoms. The molecule has 0 atom stereocenters. The SMILES string of the molecule is O=C(O)c1cccc(=O)n1Cc1nc2ccccc2s1. The Morgan fingerprint density at radius 2 is 2.00 bits per heavy atom. The van der Waals surface area contributed by atoms with E-state index in [1.165, 1.54) is 34.1 Å². The van der Waals surface area contributed by atoms with Crippen LogP contribution >= 0.6 is 11.3 Å². The molecule has 0 saturated carbocycles. The molecular formula is C14H10N2O3S. The first kappa shape index (κ1) is 12.6. The van der Waals surface area contributed by atoms with E-state index in [1.807, 2.05) is 24.3 Å². The third-order valence-electron chi connectivity index (χ3n) is 2.90. The number of para-hydroxylation sites is 1. The third-order valence-corrected chi connectivity index (χ3v) is 3.92. The van der Waals surface area contributed by atoms with Crippen molar-refractivity contribution in [1.29, 1.82) is 0 Å². The summed E-state index contributed by atoms with van der Waals surface area (Å²) >= 11 is 1.46. The van der Waals surface area contributed by atoms with Crippen LogP contribution in [0.4, 0.5) is 0 Å². The first-order chi connectivity index (χ1) is 9.65. The Labute approximate surface area is 117 Å². The fourth-order valence-electron chi connectivity index (χ4n) is 1.99. The second-order valence-corrected chi connectivity index (χ2v) is 5.33. The lowest BCUT2D eigenvalue weighted by Gasteiger charge is -2.06. The minimum Gasteiger partial charge on any atom is -0.477 e. The maximum absolute atomic E-state index is 11.8. The molecule has 6 heteroatoms. The molecule has 2 heterocycles. The Hall–Kier alpha value is -2.47. The first-order valence-corrected chi connectivity index (χ1v) is 6.74. The number of carboxylic acids is 1. The van der Waals surface area contributed by atoms with E-state index in [2.05, 4.69) is 4.98 Å². The molecule has 1 N–H and O–H groups in total. The van der Waals surface area contributed by atoms with E-state index < -0.39 is 5.97 Å². The average molecular weight is 286 g/mol. The highest BCUT2D eigenvalue weighted by molar-refractivity contribution is 7.18. The van der Waals surface area contributed by atoms with Gasteiger partial charge in [0.15, 0.2) is 0 Å². The van der Waals surface area contributed by atoms with Gasteiger partial charge in [0.05, 0.1) is 16.8 Å². The summed E-state index contributed by atoms with van der Waals surface area (Å²) < 4.78 is 2.24. The van der Waals surface area contributed by atoms with E-state index in [0.717, 1.165) is 10.2 Å². The molecule has 0 saturated heterocycles. The van der Waals surface area contributed by atoms with Gasteiger partial charge < -0.3 is 5.11 Å². The molecule has 0 amide bonds. The van der Waals surface area contributed by atoms with Gasteiger partial charge in [0.25, 0.3) is 5.56 Å². The van der Waals surface area contributed by atoms with Crippen molar-refractivity contribution < 1.29 is 9.90 Å². The van der Waals surface area contributed by atoms with Crippen molar-refractivity contribution in [3.8, 4) is 0 Å². The molecule has 100 valence electrons. The molecule has 5 nitrogen and oxygen atoms in total. The fourth-order valence-corrected chi connectivity index (χ4v) is 2.95. The van der Waals surface area contributed by atoms with Gasteiger partial charge in [0, 0.05) is 6.07 Å². The lowest BCUT2D eigenvalue weighted by atomic mass is 10.3. The van der Waals surface area contributed by atoms with Crippen molar-refractivity contribution in [3.05, 3.63) is 63.5 Å². The average Bonchev–Trinajstić information content (AvgIpc) is 2.83. The summed E-state index contributed by atoms with van der Waals surface area (Å²) in [5.74, 6) is -1.12. The van der Waals surface area contributed by atoms with Crippen LogP contribution < -0.4 is 5.56 Å². The van der Waals surface area contributed by atoms with E-state index in [-0.39, 0.29) is 17.8 Å². The summed E-state index contributed by atoms with van der Waals surface area (Å²) in [7, 11) is 0. The summed E-state index contributed by atoms with van der Waals surface area (Å²) in [6, 6.07) is 11.9. The summed E-state index contributed by atoms with van der Waals surface area (Å²) in [6.45, 7) is 0.167. The van der Waals surface area contributed by atoms with Crippen molar-refractivity contribution in [3.63, 3.8) is 0 Å². The topological polar surface area (TPSA) is 72.2 Å². The molecule has 3 aromatic rings. The molecule has 0 aliphatic heterocycles. The molecular weight excluding hydrogens is 276 g/mol. The van der Waals surface area contributed by atoms with Crippen LogP contribution in [-0.2, 0) is 6.54 Å². The smallest absolute Gasteiger partial charge is 0.352 e. The van der Waals surface area contributed by atoms with Crippen LogP contribution in [0.5, 0.6) is 0 Å². The Bertz CT molecular complexity index is 818. The van der Waals surface area contributed by atoms with E-state index >= 15 is 0 Å². The molecule has 1 aromatic carbocycles. The van der Waals surface area contributed by atoms with Crippen LogP contribution in [-0.4, -0.2) is 20.6 Å². The number of hydrogen-bond acceptors (Lipinski definition) is 4. The van der Waals surface area contributed by atoms with Crippen LogP contribution in [0.15, 0.2) is 47.3 Å².